The number of hydrogen-bond donors (Lipinski definition) is 1. The highest BCUT2D eigenvalue weighted by Crippen LogP contribution is 2.30. The van der Waals surface area contributed by atoms with Gasteiger partial charge in [0.1, 0.15) is 16.5 Å². The maximum atomic E-state index is 12.4. The minimum atomic E-state index is -0.115. The fraction of sp³-hybridized carbons (Fsp3) is 0.273. The minimum absolute atomic E-state index is 0.115. The van der Waals surface area contributed by atoms with Gasteiger partial charge < -0.3 is 14.8 Å². The van der Waals surface area contributed by atoms with Crippen LogP contribution in [-0.4, -0.2) is 30.9 Å². The molecule has 6 heteroatoms. The average Bonchev–Trinajstić information content (AvgIpc) is 2.72. The lowest BCUT2D eigenvalue weighted by atomic mass is 10.1. The Morgan fingerprint density at radius 1 is 1.11 bits per heavy atom. The second-order valence-corrected chi connectivity index (χ2v) is 7.36. The van der Waals surface area contributed by atoms with Crippen LogP contribution in [0.5, 0.6) is 11.5 Å². The molecule has 0 fully saturated rings. The number of hydrogen-bond acceptors (Lipinski definition) is 5. The lowest BCUT2D eigenvalue weighted by Crippen LogP contribution is -2.15. The van der Waals surface area contributed by atoms with Gasteiger partial charge in [0.2, 0.25) is 5.91 Å². The Kier molecular flexibility index (Phi) is 6.41. The van der Waals surface area contributed by atoms with E-state index in [4.69, 9.17) is 14.5 Å². The summed E-state index contributed by atoms with van der Waals surface area (Å²) in [6, 6.07) is 13.7. The molecule has 0 bridgehead atoms. The molecule has 1 amide bonds. The number of anilines is 1. The first-order valence-corrected chi connectivity index (χ1v) is 10.1. The first kappa shape index (κ1) is 20.0. The lowest BCUT2D eigenvalue weighted by molar-refractivity contribution is -0.113. The van der Waals surface area contributed by atoms with E-state index in [1.54, 1.807) is 32.4 Å². The highest BCUT2D eigenvalue weighted by Gasteiger charge is 2.11. The van der Waals surface area contributed by atoms with Crippen molar-refractivity contribution < 1.29 is 14.3 Å². The molecule has 0 aliphatic rings. The zero-order chi connectivity index (χ0) is 20.1. The zero-order valence-electron chi connectivity index (χ0n) is 16.5. The van der Waals surface area contributed by atoms with E-state index in [9.17, 15) is 4.79 Å². The molecule has 0 unspecified atom stereocenters. The van der Waals surface area contributed by atoms with Crippen molar-refractivity contribution in [3.63, 3.8) is 0 Å². The quantitative estimate of drug-likeness (QED) is 0.578. The molecule has 1 heterocycles. The first-order chi connectivity index (χ1) is 13.5. The summed E-state index contributed by atoms with van der Waals surface area (Å²) in [5.74, 6) is 1.38. The van der Waals surface area contributed by atoms with Crippen LogP contribution in [0.25, 0.3) is 10.9 Å². The number of methoxy groups -OCH3 is 2. The van der Waals surface area contributed by atoms with Crippen LogP contribution < -0.4 is 14.8 Å². The Hall–Kier alpha value is -2.73. The number of nitrogens with one attached hydrogen (secondary N) is 1. The molecule has 3 aromatic rings. The first-order valence-electron chi connectivity index (χ1n) is 9.09. The highest BCUT2D eigenvalue weighted by atomic mass is 32.2. The number of aromatic nitrogens is 1. The Morgan fingerprint density at radius 3 is 2.64 bits per heavy atom. The number of benzene rings is 2. The predicted molar refractivity (Wildman–Crippen MR) is 115 cm³/mol. The number of carbonyl (C=O) groups is 1. The van der Waals surface area contributed by atoms with Gasteiger partial charge >= 0.3 is 0 Å². The number of rotatable bonds is 7. The summed E-state index contributed by atoms with van der Waals surface area (Å²) in [7, 11) is 3.15. The van der Waals surface area contributed by atoms with E-state index < -0.39 is 0 Å². The molecule has 28 heavy (non-hydrogen) atoms. The largest absolute Gasteiger partial charge is 0.497 e. The summed E-state index contributed by atoms with van der Waals surface area (Å²) in [4.78, 5) is 17.1. The van der Waals surface area contributed by atoms with E-state index in [0.29, 0.717) is 17.2 Å². The number of ether oxygens (including phenoxy) is 2. The molecule has 5 nitrogen and oxygen atoms in total. The van der Waals surface area contributed by atoms with Crippen molar-refractivity contribution in [1.29, 1.82) is 0 Å². The summed E-state index contributed by atoms with van der Waals surface area (Å²) in [5.41, 5.74) is 3.93. The standard InChI is InChI=1S/C22H24N2O3S/c1-5-15-6-8-18-16(11-15)10-14(2)22(24-18)28-13-21(25)23-19-9-7-17(26-3)12-20(19)27-4/h6-12H,5,13H2,1-4H3,(H,23,25). The van der Waals surface area contributed by atoms with Crippen LogP contribution in [0.15, 0.2) is 47.5 Å². The molecule has 3 rings (SSSR count). The van der Waals surface area contributed by atoms with Crippen molar-refractivity contribution in [3.05, 3.63) is 53.6 Å². The van der Waals surface area contributed by atoms with Gasteiger partial charge in [-0.2, -0.15) is 0 Å². The number of thioether (sulfide) groups is 1. The fourth-order valence-corrected chi connectivity index (χ4v) is 3.69. The molecule has 2 aromatic carbocycles. The summed E-state index contributed by atoms with van der Waals surface area (Å²) in [6.45, 7) is 4.17. The van der Waals surface area contributed by atoms with E-state index >= 15 is 0 Å². The number of pyridine rings is 1. The molecule has 146 valence electrons. The SMILES string of the molecule is CCc1ccc2nc(SCC(=O)Nc3ccc(OC)cc3OC)c(C)cc2c1. The molecule has 0 aliphatic heterocycles. The third kappa shape index (κ3) is 4.57. The van der Waals surface area contributed by atoms with Gasteiger partial charge in [-0.25, -0.2) is 4.98 Å². The summed E-state index contributed by atoms with van der Waals surface area (Å²) < 4.78 is 10.5. The summed E-state index contributed by atoms with van der Waals surface area (Å²) >= 11 is 1.43. The molecule has 0 saturated carbocycles. The third-order valence-corrected chi connectivity index (χ3v) is 5.55. The number of carbonyl (C=O) groups excluding carboxylic acids is 1. The summed E-state index contributed by atoms with van der Waals surface area (Å²) in [5, 5.41) is 4.89. The number of nitrogens with zero attached hydrogens (tertiary/aromatic N) is 1. The molecule has 0 spiro atoms. The van der Waals surface area contributed by atoms with E-state index in [1.807, 2.05) is 13.0 Å². The van der Waals surface area contributed by atoms with E-state index in [-0.39, 0.29) is 11.7 Å². The van der Waals surface area contributed by atoms with E-state index in [0.717, 1.165) is 27.9 Å². The molecular formula is C22H24N2O3S. The average molecular weight is 397 g/mol. The van der Waals surface area contributed by atoms with Gasteiger partial charge in [0.25, 0.3) is 0 Å². The van der Waals surface area contributed by atoms with Crippen LogP contribution in [0.4, 0.5) is 5.69 Å². The minimum Gasteiger partial charge on any atom is -0.497 e. The number of amides is 1. The monoisotopic (exact) mass is 396 g/mol. The van der Waals surface area contributed by atoms with Crippen molar-refractivity contribution in [2.75, 3.05) is 25.3 Å². The summed E-state index contributed by atoms with van der Waals surface area (Å²) in [6.07, 6.45) is 1.00. The van der Waals surface area contributed by atoms with Gasteiger partial charge in [-0.3, -0.25) is 4.79 Å². The van der Waals surface area contributed by atoms with Gasteiger partial charge in [-0.1, -0.05) is 24.8 Å². The van der Waals surface area contributed by atoms with Crippen molar-refractivity contribution in [3.8, 4) is 11.5 Å². The molecule has 0 atom stereocenters. The third-order valence-electron chi connectivity index (χ3n) is 4.45. The number of fused-ring (bicyclic) bond motifs is 1. The van der Waals surface area contributed by atoms with Crippen molar-refractivity contribution in [2.24, 2.45) is 0 Å². The Balaban J connectivity index is 1.70. The maximum absolute atomic E-state index is 12.4. The molecule has 0 radical (unpaired) electrons. The molecular weight excluding hydrogens is 372 g/mol. The molecule has 1 N–H and O–H groups in total. The smallest absolute Gasteiger partial charge is 0.234 e. The van der Waals surface area contributed by atoms with Crippen molar-refractivity contribution >= 4 is 34.3 Å². The lowest BCUT2D eigenvalue weighted by Gasteiger charge is -2.12. The topological polar surface area (TPSA) is 60.5 Å². The predicted octanol–water partition coefficient (Wildman–Crippen LogP) is 4.85. The normalized spacial score (nSPS) is 10.7. The molecule has 0 aliphatic carbocycles. The van der Waals surface area contributed by atoms with Gasteiger partial charge in [0, 0.05) is 11.5 Å². The van der Waals surface area contributed by atoms with Crippen LogP contribution in [0.2, 0.25) is 0 Å². The molecule has 1 aromatic heterocycles. The molecule has 0 saturated heterocycles. The van der Waals surface area contributed by atoms with Crippen LogP contribution in [-0.2, 0) is 11.2 Å². The maximum Gasteiger partial charge on any atom is 0.234 e. The number of aryl methyl sites for hydroxylation is 2. The fourth-order valence-electron chi connectivity index (χ4n) is 2.90. The van der Waals surface area contributed by atoms with Crippen LogP contribution >= 0.6 is 11.8 Å². The van der Waals surface area contributed by atoms with Crippen LogP contribution in [0.3, 0.4) is 0 Å². The second kappa shape index (κ2) is 8.97. The highest BCUT2D eigenvalue weighted by molar-refractivity contribution is 8.00. The van der Waals surface area contributed by atoms with Gasteiger partial charge in [0.05, 0.1) is 31.2 Å². The van der Waals surface area contributed by atoms with Gasteiger partial charge in [-0.15, -0.1) is 0 Å². The second-order valence-electron chi connectivity index (χ2n) is 6.39. The van der Waals surface area contributed by atoms with Crippen LogP contribution in [0, 0.1) is 6.92 Å². The van der Waals surface area contributed by atoms with Gasteiger partial charge in [-0.05, 0) is 54.8 Å². The zero-order valence-corrected chi connectivity index (χ0v) is 17.4. The Morgan fingerprint density at radius 2 is 1.93 bits per heavy atom. The Bertz CT molecular complexity index is 1000. The van der Waals surface area contributed by atoms with Crippen LogP contribution in [0.1, 0.15) is 18.1 Å². The van der Waals surface area contributed by atoms with Gasteiger partial charge in [0.15, 0.2) is 0 Å². The van der Waals surface area contributed by atoms with Crippen molar-refractivity contribution in [2.45, 2.75) is 25.3 Å². The van der Waals surface area contributed by atoms with E-state index in [2.05, 4.69) is 30.4 Å². The van der Waals surface area contributed by atoms with E-state index in [1.165, 1.54) is 17.3 Å². The Labute approximate surface area is 169 Å². The van der Waals surface area contributed by atoms with Crippen molar-refractivity contribution in [1.82, 2.24) is 4.98 Å².